The summed E-state index contributed by atoms with van der Waals surface area (Å²) in [6.45, 7) is 10.1. The lowest BCUT2D eigenvalue weighted by Gasteiger charge is -2.26. The number of anilines is 1. The molecule has 5 heteroatoms. The molecule has 1 aromatic heterocycles. The lowest BCUT2D eigenvalue weighted by atomic mass is 10.1. The molecule has 0 atom stereocenters. The van der Waals surface area contributed by atoms with Gasteiger partial charge in [0.1, 0.15) is 0 Å². The molecule has 5 nitrogen and oxygen atoms in total. The fourth-order valence-electron chi connectivity index (χ4n) is 2.04. The van der Waals surface area contributed by atoms with Gasteiger partial charge in [0.05, 0.1) is 18.9 Å². The highest BCUT2D eigenvalue weighted by molar-refractivity contribution is 6.08. The molecular formula is C15H22N4O. The lowest BCUT2D eigenvalue weighted by molar-refractivity contribution is 0.122. The second kappa shape index (κ2) is 7.14. The van der Waals surface area contributed by atoms with Crippen LogP contribution < -0.4 is 4.90 Å². The second-order valence-electron chi connectivity index (χ2n) is 4.95. The van der Waals surface area contributed by atoms with Gasteiger partial charge < -0.3 is 9.64 Å². The van der Waals surface area contributed by atoms with Gasteiger partial charge in [0.15, 0.2) is 0 Å². The Labute approximate surface area is 120 Å². The molecule has 0 spiro atoms. The third kappa shape index (κ3) is 3.87. The van der Waals surface area contributed by atoms with E-state index in [9.17, 15) is 0 Å². The fourth-order valence-corrected chi connectivity index (χ4v) is 2.04. The van der Waals surface area contributed by atoms with Gasteiger partial charge in [-0.15, -0.1) is 0 Å². The van der Waals surface area contributed by atoms with Crippen molar-refractivity contribution in [1.82, 2.24) is 9.97 Å². The number of nitrogens with zero attached hydrogens (tertiary/aromatic N) is 4. The molecule has 1 aromatic rings. The molecular weight excluding hydrogens is 252 g/mol. The van der Waals surface area contributed by atoms with Gasteiger partial charge in [0.2, 0.25) is 5.95 Å². The zero-order valence-electron chi connectivity index (χ0n) is 12.5. The smallest absolute Gasteiger partial charge is 0.225 e. The second-order valence-corrected chi connectivity index (χ2v) is 4.95. The van der Waals surface area contributed by atoms with Crippen LogP contribution in [-0.2, 0) is 4.74 Å². The number of aromatic nitrogens is 2. The highest BCUT2D eigenvalue weighted by Gasteiger charge is 2.13. The van der Waals surface area contributed by atoms with Crippen molar-refractivity contribution in [2.75, 3.05) is 37.7 Å². The zero-order valence-corrected chi connectivity index (χ0v) is 12.5. The number of morpholine rings is 1. The van der Waals surface area contributed by atoms with E-state index in [1.807, 2.05) is 19.3 Å². The van der Waals surface area contributed by atoms with E-state index < -0.39 is 0 Å². The number of ether oxygens (including phenoxy) is 1. The summed E-state index contributed by atoms with van der Waals surface area (Å²) in [5.74, 6) is 0.769. The van der Waals surface area contributed by atoms with Crippen LogP contribution in [0.5, 0.6) is 0 Å². The monoisotopic (exact) mass is 274 g/mol. The quantitative estimate of drug-likeness (QED) is 0.789. The Balaban J connectivity index is 2.17. The number of aliphatic imine (C=N–C) groups is 1. The molecule has 2 rings (SSSR count). The molecule has 0 aromatic carbocycles. The first-order valence-electron chi connectivity index (χ1n) is 7.05. The molecule has 0 bridgehead atoms. The van der Waals surface area contributed by atoms with Crippen molar-refractivity contribution in [1.29, 1.82) is 0 Å². The van der Waals surface area contributed by atoms with E-state index in [1.165, 1.54) is 5.57 Å². The van der Waals surface area contributed by atoms with Crippen LogP contribution in [0.4, 0.5) is 5.95 Å². The molecule has 2 heterocycles. The van der Waals surface area contributed by atoms with Crippen LogP contribution in [0.2, 0.25) is 0 Å². The van der Waals surface area contributed by atoms with E-state index in [1.54, 1.807) is 0 Å². The molecule has 0 aliphatic carbocycles. The largest absolute Gasteiger partial charge is 0.378 e. The normalized spacial score (nSPS) is 16.1. The Kier molecular flexibility index (Phi) is 5.24. The molecule has 0 radical (unpaired) electrons. The Bertz CT molecular complexity index is 483. The van der Waals surface area contributed by atoms with Gasteiger partial charge in [-0.2, -0.15) is 0 Å². The average molecular weight is 274 g/mol. The third-order valence-corrected chi connectivity index (χ3v) is 2.98. The van der Waals surface area contributed by atoms with E-state index in [4.69, 9.17) is 4.74 Å². The Hall–Kier alpha value is -1.75. The summed E-state index contributed by atoms with van der Waals surface area (Å²) in [7, 11) is 0. The molecule has 1 aliphatic heterocycles. The first kappa shape index (κ1) is 14.7. The van der Waals surface area contributed by atoms with Gasteiger partial charge in [0, 0.05) is 37.6 Å². The maximum absolute atomic E-state index is 5.33. The van der Waals surface area contributed by atoms with E-state index >= 15 is 0 Å². The standard InChI is InChI=1S/C15H22N4O/c1-4-16-14(9-12(2)3)13-10-17-15(18-11-13)19-5-7-20-8-6-19/h9-11H,4-8H2,1-3H3. The van der Waals surface area contributed by atoms with Crippen LogP contribution in [0.25, 0.3) is 0 Å². The van der Waals surface area contributed by atoms with Gasteiger partial charge in [0.25, 0.3) is 0 Å². The fraction of sp³-hybridized carbons (Fsp3) is 0.533. The van der Waals surface area contributed by atoms with Crippen molar-refractivity contribution in [2.45, 2.75) is 20.8 Å². The number of rotatable bonds is 4. The molecule has 1 fully saturated rings. The molecule has 0 unspecified atom stereocenters. The van der Waals surface area contributed by atoms with Crippen molar-refractivity contribution in [2.24, 2.45) is 4.99 Å². The summed E-state index contributed by atoms with van der Waals surface area (Å²) in [4.78, 5) is 15.6. The summed E-state index contributed by atoms with van der Waals surface area (Å²) in [5, 5.41) is 0. The first-order chi connectivity index (χ1) is 9.70. The summed E-state index contributed by atoms with van der Waals surface area (Å²) in [6.07, 6.45) is 5.77. The van der Waals surface area contributed by atoms with Crippen LogP contribution in [0, 0.1) is 0 Å². The van der Waals surface area contributed by atoms with Crippen molar-refractivity contribution >= 4 is 11.7 Å². The van der Waals surface area contributed by atoms with E-state index in [0.717, 1.165) is 50.1 Å². The molecule has 1 saturated heterocycles. The van der Waals surface area contributed by atoms with Gasteiger partial charge in [-0.25, -0.2) is 9.97 Å². The third-order valence-electron chi connectivity index (χ3n) is 2.98. The van der Waals surface area contributed by atoms with Gasteiger partial charge in [-0.1, -0.05) is 5.57 Å². The highest BCUT2D eigenvalue weighted by atomic mass is 16.5. The van der Waals surface area contributed by atoms with E-state index in [0.29, 0.717) is 0 Å². The number of hydrogen-bond donors (Lipinski definition) is 0. The molecule has 0 saturated carbocycles. The minimum Gasteiger partial charge on any atom is -0.378 e. The van der Waals surface area contributed by atoms with Crippen molar-refractivity contribution < 1.29 is 4.74 Å². The minimum atomic E-state index is 0.741. The summed E-state index contributed by atoms with van der Waals surface area (Å²) < 4.78 is 5.33. The maximum atomic E-state index is 5.33. The molecule has 1 aliphatic rings. The van der Waals surface area contributed by atoms with Crippen molar-refractivity contribution in [3.05, 3.63) is 29.6 Å². The number of hydrogen-bond acceptors (Lipinski definition) is 5. The minimum absolute atomic E-state index is 0.741. The Morgan fingerprint density at radius 1 is 1.30 bits per heavy atom. The predicted molar refractivity (Wildman–Crippen MR) is 81.6 cm³/mol. The first-order valence-corrected chi connectivity index (χ1v) is 7.05. The van der Waals surface area contributed by atoms with Crippen LogP contribution in [0.1, 0.15) is 26.3 Å². The van der Waals surface area contributed by atoms with Gasteiger partial charge in [-0.3, -0.25) is 4.99 Å². The predicted octanol–water partition coefficient (Wildman–Crippen LogP) is 2.09. The van der Waals surface area contributed by atoms with Crippen LogP contribution in [-0.4, -0.2) is 48.5 Å². The number of allylic oxidation sites excluding steroid dienone is 2. The maximum Gasteiger partial charge on any atom is 0.225 e. The topological polar surface area (TPSA) is 50.6 Å². The summed E-state index contributed by atoms with van der Waals surface area (Å²) in [5.41, 5.74) is 3.13. The van der Waals surface area contributed by atoms with Crippen LogP contribution >= 0.6 is 0 Å². The van der Waals surface area contributed by atoms with E-state index in [-0.39, 0.29) is 0 Å². The summed E-state index contributed by atoms with van der Waals surface area (Å²) >= 11 is 0. The summed E-state index contributed by atoms with van der Waals surface area (Å²) in [6, 6.07) is 0. The Morgan fingerprint density at radius 2 is 1.95 bits per heavy atom. The average Bonchev–Trinajstić information content (AvgIpc) is 2.47. The molecule has 20 heavy (non-hydrogen) atoms. The van der Waals surface area contributed by atoms with E-state index in [2.05, 4.69) is 39.8 Å². The van der Waals surface area contributed by atoms with Gasteiger partial charge >= 0.3 is 0 Å². The van der Waals surface area contributed by atoms with Crippen molar-refractivity contribution in [3.8, 4) is 0 Å². The zero-order chi connectivity index (χ0) is 14.4. The van der Waals surface area contributed by atoms with Crippen LogP contribution in [0.3, 0.4) is 0 Å². The Morgan fingerprint density at radius 3 is 2.50 bits per heavy atom. The SMILES string of the molecule is CCN=C(C=C(C)C)c1cnc(N2CCOCC2)nc1. The van der Waals surface area contributed by atoms with Crippen LogP contribution in [0.15, 0.2) is 29.0 Å². The molecule has 0 amide bonds. The highest BCUT2D eigenvalue weighted by Crippen LogP contribution is 2.11. The lowest BCUT2D eigenvalue weighted by Crippen LogP contribution is -2.37. The molecule has 108 valence electrons. The van der Waals surface area contributed by atoms with Gasteiger partial charge in [-0.05, 0) is 26.8 Å². The van der Waals surface area contributed by atoms with Crippen molar-refractivity contribution in [3.63, 3.8) is 0 Å². The molecule has 0 N–H and O–H groups in total.